The highest BCUT2D eigenvalue weighted by Gasteiger charge is 2.47. The first-order valence-electron chi connectivity index (χ1n) is 10.5. The molecule has 0 aliphatic heterocycles. The van der Waals surface area contributed by atoms with E-state index >= 15 is 0 Å². The molecule has 0 unspecified atom stereocenters. The Morgan fingerprint density at radius 3 is 1.90 bits per heavy atom. The summed E-state index contributed by atoms with van der Waals surface area (Å²) in [7, 11) is 0. The third-order valence-electron chi connectivity index (χ3n) is 6.38. The van der Waals surface area contributed by atoms with E-state index in [0.717, 1.165) is 22.4 Å². The van der Waals surface area contributed by atoms with Crippen molar-refractivity contribution in [2.75, 3.05) is 0 Å². The predicted octanol–water partition coefficient (Wildman–Crippen LogP) is 7.01. The fourth-order valence-corrected chi connectivity index (χ4v) is 4.57. The average Bonchev–Trinajstić information content (AvgIpc) is 2.79. The first-order chi connectivity index (χ1) is 14.9. The first-order valence-corrected chi connectivity index (χ1v) is 10.5. The summed E-state index contributed by atoms with van der Waals surface area (Å²) in [5.41, 5.74) is 2.47. The van der Waals surface area contributed by atoms with E-state index in [1.807, 2.05) is 66.7 Å². The smallest absolute Gasteiger partial charge is 0.391 e. The Kier molecular flexibility index (Phi) is 5.94. The van der Waals surface area contributed by atoms with Gasteiger partial charge in [0.05, 0.1) is 5.92 Å². The summed E-state index contributed by atoms with van der Waals surface area (Å²) in [4.78, 5) is 0. The van der Waals surface area contributed by atoms with E-state index in [1.165, 1.54) is 0 Å². The summed E-state index contributed by atoms with van der Waals surface area (Å²) in [6.45, 7) is 0.455. The highest BCUT2D eigenvalue weighted by atomic mass is 19.4. The Bertz CT molecular complexity index is 972. The SMILES string of the molecule is Oc1ccc(C2(c3ccc(OCc4ccccc4)cc3)CCC(C(F)(F)F)CC2)cc1. The van der Waals surface area contributed by atoms with Crippen LogP contribution < -0.4 is 4.74 Å². The molecule has 0 amide bonds. The number of alkyl halides is 3. The van der Waals surface area contributed by atoms with Crippen LogP contribution in [0.15, 0.2) is 78.9 Å². The Morgan fingerprint density at radius 2 is 1.35 bits per heavy atom. The van der Waals surface area contributed by atoms with Gasteiger partial charge in [-0.25, -0.2) is 0 Å². The summed E-state index contributed by atoms with van der Waals surface area (Å²) in [6, 6.07) is 24.4. The molecule has 2 nitrogen and oxygen atoms in total. The van der Waals surface area contributed by atoms with Crippen LogP contribution in [0, 0.1) is 5.92 Å². The molecule has 0 heterocycles. The van der Waals surface area contributed by atoms with Crippen LogP contribution in [0.25, 0.3) is 0 Å². The molecule has 4 rings (SSSR count). The molecule has 1 saturated carbocycles. The molecule has 0 aromatic heterocycles. The lowest BCUT2D eigenvalue weighted by atomic mass is 9.63. The van der Waals surface area contributed by atoms with E-state index < -0.39 is 17.5 Å². The molecule has 0 spiro atoms. The minimum absolute atomic E-state index is 0.0939. The summed E-state index contributed by atoms with van der Waals surface area (Å²) in [5, 5.41) is 9.68. The molecule has 1 N–H and O–H groups in total. The maximum Gasteiger partial charge on any atom is 0.391 e. The van der Waals surface area contributed by atoms with Gasteiger partial charge in [0.25, 0.3) is 0 Å². The molecule has 1 aliphatic carbocycles. The summed E-state index contributed by atoms with van der Waals surface area (Å²) in [6.07, 6.45) is -3.15. The monoisotopic (exact) mass is 426 g/mol. The van der Waals surface area contributed by atoms with E-state index in [4.69, 9.17) is 4.74 Å². The van der Waals surface area contributed by atoms with Crippen LogP contribution in [-0.4, -0.2) is 11.3 Å². The minimum atomic E-state index is -4.16. The number of hydrogen-bond donors (Lipinski definition) is 1. The molecule has 1 fully saturated rings. The number of phenols is 1. The van der Waals surface area contributed by atoms with Gasteiger partial charge in [-0.3, -0.25) is 0 Å². The van der Waals surface area contributed by atoms with Gasteiger partial charge in [0, 0.05) is 5.41 Å². The Morgan fingerprint density at radius 1 is 0.806 bits per heavy atom. The molecule has 0 atom stereocenters. The lowest BCUT2D eigenvalue weighted by Gasteiger charge is -2.42. The predicted molar refractivity (Wildman–Crippen MR) is 114 cm³/mol. The number of hydrogen-bond acceptors (Lipinski definition) is 2. The summed E-state index contributed by atoms with van der Waals surface area (Å²) in [5.74, 6) is -0.392. The van der Waals surface area contributed by atoms with Crippen molar-refractivity contribution in [3.8, 4) is 11.5 Å². The molecular weight excluding hydrogens is 401 g/mol. The number of benzene rings is 3. The molecule has 0 radical (unpaired) electrons. The zero-order valence-corrected chi connectivity index (χ0v) is 17.1. The molecule has 162 valence electrons. The zero-order valence-electron chi connectivity index (χ0n) is 17.1. The van der Waals surface area contributed by atoms with Crippen molar-refractivity contribution in [3.05, 3.63) is 95.6 Å². The minimum Gasteiger partial charge on any atom is -0.508 e. The van der Waals surface area contributed by atoms with Crippen LogP contribution in [-0.2, 0) is 12.0 Å². The van der Waals surface area contributed by atoms with E-state index in [9.17, 15) is 18.3 Å². The van der Waals surface area contributed by atoms with Gasteiger partial charge in [-0.15, -0.1) is 0 Å². The lowest BCUT2D eigenvalue weighted by Crippen LogP contribution is -2.37. The fourth-order valence-electron chi connectivity index (χ4n) is 4.57. The standard InChI is InChI=1S/C26H25F3O2/c27-26(28,29)22-14-16-25(17-15-22,20-6-10-23(30)11-7-20)21-8-12-24(13-9-21)31-18-19-4-2-1-3-5-19/h1-13,22,30H,14-18H2. The second kappa shape index (κ2) is 8.66. The van der Waals surface area contributed by atoms with Crippen LogP contribution >= 0.6 is 0 Å². The fraction of sp³-hybridized carbons (Fsp3) is 0.308. The zero-order chi connectivity index (χ0) is 21.9. The third kappa shape index (κ3) is 4.71. The normalized spacial score (nSPS) is 21.6. The maximum absolute atomic E-state index is 13.3. The second-order valence-corrected chi connectivity index (χ2v) is 8.24. The van der Waals surface area contributed by atoms with Crippen molar-refractivity contribution >= 4 is 0 Å². The van der Waals surface area contributed by atoms with Crippen molar-refractivity contribution in [2.24, 2.45) is 5.92 Å². The van der Waals surface area contributed by atoms with Crippen molar-refractivity contribution in [2.45, 2.75) is 43.9 Å². The van der Waals surface area contributed by atoms with Gasteiger partial charge < -0.3 is 9.84 Å². The molecule has 3 aromatic rings. The van der Waals surface area contributed by atoms with Crippen LogP contribution in [0.3, 0.4) is 0 Å². The summed E-state index contributed by atoms with van der Waals surface area (Å²) >= 11 is 0. The first kappa shape index (κ1) is 21.3. The van der Waals surface area contributed by atoms with Gasteiger partial charge >= 0.3 is 6.18 Å². The Labute approximate surface area is 180 Å². The van der Waals surface area contributed by atoms with Gasteiger partial charge in [-0.05, 0) is 66.6 Å². The molecule has 3 aromatic carbocycles. The Balaban J connectivity index is 1.58. The van der Waals surface area contributed by atoms with Crippen molar-refractivity contribution < 1.29 is 23.0 Å². The van der Waals surface area contributed by atoms with Crippen molar-refractivity contribution in [3.63, 3.8) is 0 Å². The van der Waals surface area contributed by atoms with Gasteiger partial charge in [0.1, 0.15) is 18.1 Å². The number of halogens is 3. The lowest BCUT2D eigenvalue weighted by molar-refractivity contribution is -0.184. The van der Waals surface area contributed by atoms with Crippen molar-refractivity contribution in [1.29, 1.82) is 0 Å². The maximum atomic E-state index is 13.3. The highest BCUT2D eigenvalue weighted by molar-refractivity contribution is 5.43. The topological polar surface area (TPSA) is 29.5 Å². The molecule has 1 aliphatic rings. The quantitative estimate of drug-likeness (QED) is 0.475. The highest BCUT2D eigenvalue weighted by Crippen LogP contribution is 2.50. The molecule has 31 heavy (non-hydrogen) atoms. The summed E-state index contributed by atoms with van der Waals surface area (Å²) < 4.78 is 45.7. The molecular formula is C26H25F3O2. The van der Waals surface area contributed by atoms with E-state index in [2.05, 4.69) is 0 Å². The molecule has 5 heteroatoms. The second-order valence-electron chi connectivity index (χ2n) is 8.24. The number of phenolic OH excluding ortho intramolecular Hbond substituents is 1. The molecule has 0 saturated heterocycles. The van der Waals surface area contributed by atoms with E-state index in [0.29, 0.717) is 19.4 Å². The van der Waals surface area contributed by atoms with Crippen LogP contribution in [0.5, 0.6) is 11.5 Å². The largest absolute Gasteiger partial charge is 0.508 e. The van der Waals surface area contributed by atoms with Crippen molar-refractivity contribution in [1.82, 2.24) is 0 Å². The van der Waals surface area contributed by atoms with Gasteiger partial charge in [-0.2, -0.15) is 13.2 Å². The average molecular weight is 426 g/mol. The Hall–Kier alpha value is -2.95. The van der Waals surface area contributed by atoms with Gasteiger partial charge in [0.2, 0.25) is 0 Å². The van der Waals surface area contributed by atoms with Crippen LogP contribution in [0.4, 0.5) is 13.2 Å². The van der Waals surface area contributed by atoms with Crippen LogP contribution in [0.2, 0.25) is 0 Å². The van der Waals surface area contributed by atoms with Crippen LogP contribution in [0.1, 0.15) is 42.4 Å². The number of ether oxygens (including phenoxy) is 1. The van der Waals surface area contributed by atoms with E-state index in [-0.39, 0.29) is 18.6 Å². The number of aromatic hydroxyl groups is 1. The van der Waals surface area contributed by atoms with Gasteiger partial charge in [-0.1, -0.05) is 54.6 Å². The number of rotatable bonds is 5. The van der Waals surface area contributed by atoms with E-state index in [1.54, 1.807) is 12.1 Å². The van der Waals surface area contributed by atoms with Gasteiger partial charge in [0.15, 0.2) is 0 Å². The molecule has 0 bridgehead atoms. The third-order valence-corrected chi connectivity index (χ3v) is 6.38.